The highest BCUT2D eigenvalue weighted by atomic mass is 35.5. The number of urea groups is 1. The quantitative estimate of drug-likeness (QED) is 0.293. The molecule has 35 heavy (non-hydrogen) atoms. The Hall–Kier alpha value is -3.97. The van der Waals surface area contributed by atoms with Crippen molar-refractivity contribution >= 4 is 39.9 Å². The van der Waals surface area contributed by atoms with Crippen LogP contribution in [-0.4, -0.2) is 31.8 Å². The standard InChI is InChI=1S/C27H26ClN3O4/c1-5-35-24-14-22(17-8-6-16(2)7-9-17)30-21-11-10-18(12-19(21)24)29-27(32)31-23-13-20(28)25(33-3)15-26(23)34-4/h6-15H,5H2,1-4H3,(H2,29,31,32). The summed E-state index contributed by atoms with van der Waals surface area (Å²) in [6, 6.07) is 18.3. The fourth-order valence-corrected chi connectivity index (χ4v) is 3.90. The van der Waals surface area contributed by atoms with Crippen LogP contribution in [0.4, 0.5) is 16.2 Å². The Morgan fingerprint density at radius 2 is 1.66 bits per heavy atom. The second-order valence-corrected chi connectivity index (χ2v) is 8.21. The summed E-state index contributed by atoms with van der Waals surface area (Å²) in [5.41, 5.74) is 4.77. The number of aromatic nitrogens is 1. The van der Waals surface area contributed by atoms with Crippen LogP contribution in [0.5, 0.6) is 17.2 Å². The van der Waals surface area contributed by atoms with E-state index in [2.05, 4.69) is 22.8 Å². The van der Waals surface area contributed by atoms with Crippen molar-refractivity contribution in [1.82, 2.24) is 4.98 Å². The summed E-state index contributed by atoms with van der Waals surface area (Å²) < 4.78 is 16.5. The fourth-order valence-electron chi connectivity index (χ4n) is 3.66. The molecule has 180 valence electrons. The summed E-state index contributed by atoms with van der Waals surface area (Å²) in [6.45, 7) is 4.48. The molecule has 1 aromatic heterocycles. The normalized spacial score (nSPS) is 10.7. The fraction of sp³-hybridized carbons (Fsp3) is 0.185. The minimum atomic E-state index is -0.453. The van der Waals surface area contributed by atoms with Crippen LogP contribution in [0.25, 0.3) is 22.2 Å². The van der Waals surface area contributed by atoms with Crippen molar-refractivity contribution in [2.45, 2.75) is 13.8 Å². The van der Waals surface area contributed by atoms with E-state index in [1.54, 1.807) is 18.2 Å². The number of amides is 2. The molecule has 3 aromatic carbocycles. The average Bonchev–Trinajstić information content (AvgIpc) is 2.85. The number of nitrogens with zero attached hydrogens (tertiary/aromatic N) is 1. The molecule has 0 fully saturated rings. The number of fused-ring (bicyclic) bond motifs is 1. The smallest absolute Gasteiger partial charge is 0.323 e. The number of hydrogen-bond donors (Lipinski definition) is 2. The topological polar surface area (TPSA) is 81.7 Å². The van der Waals surface area contributed by atoms with Gasteiger partial charge in [-0.3, -0.25) is 0 Å². The maximum Gasteiger partial charge on any atom is 0.323 e. The van der Waals surface area contributed by atoms with Crippen molar-refractivity contribution in [3.05, 3.63) is 71.2 Å². The molecule has 2 N–H and O–H groups in total. The van der Waals surface area contributed by atoms with Gasteiger partial charge in [-0.15, -0.1) is 0 Å². The van der Waals surface area contributed by atoms with E-state index < -0.39 is 6.03 Å². The van der Waals surface area contributed by atoms with Crippen molar-refractivity contribution in [2.24, 2.45) is 0 Å². The first kappa shape index (κ1) is 24.2. The molecule has 7 nitrogen and oxygen atoms in total. The Kier molecular flexibility index (Phi) is 7.27. The third-order valence-corrected chi connectivity index (χ3v) is 5.69. The number of anilines is 2. The highest BCUT2D eigenvalue weighted by molar-refractivity contribution is 6.32. The first-order valence-electron chi connectivity index (χ1n) is 11.1. The first-order chi connectivity index (χ1) is 16.9. The number of hydrogen-bond acceptors (Lipinski definition) is 5. The van der Waals surface area contributed by atoms with Crippen molar-refractivity contribution in [3.8, 4) is 28.5 Å². The number of carbonyl (C=O) groups is 1. The molecule has 0 spiro atoms. The lowest BCUT2D eigenvalue weighted by molar-refractivity contribution is 0.262. The highest BCUT2D eigenvalue weighted by Gasteiger charge is 2.14. The van der Waals surface area contributed by atoms with Gasteiger partial charge in [0.15, 0.2) is 0 Å². The van der Waals surface area contributed by atoms with E-state index in [0.29, 0.717) is 40.3 Å². The lowest BCUT2D eigenvalue weighted by Crippen LogP contribution is -2.19. The average molecular weight is 492 g/mol. The summed E-state index contributed by atoms with van der Waals surface area (Å²) in [4.78, 5) is 17.5. The number of ether oxygens (including phenoxy) is 3. The Labute approximate surface area is 209 Å². The van der Waals surface area contributed by atoms with Crippen LogP contribution >= 0.6 is 11.6 Å². The lowest BCUT2D eigenvalue weighted by Gasteiger charge is -2.15. The van der Waals surface area contributed by atoms with Gasteiger partial charge >= 0.3 is 6.03 Å². The Balaban J connectivity index is 1.61. The van der Waals surface area contributed by atoms with Gasteiger partial charge in [-0.2, -0.15) is 0 Å². The number of benzene rings is 3. The summed E-state index contributed by atoms with van der Waals surface area (Å²) in [7, 11) is 3.01. The molecule has 2 amide bonds. The second kappa shape index (κ2) is 10.5. The van der Waals surface area contributed by atoms with E-state index in [-0.39, 0.29) is 0 Å². The van der Waals surface area contributed by atoms with Crippen LogP contribution in [0.1, 0.15) is 12.5 Å². The molecule has 1 heterocycles. The number of halogens is 1. The number of rotatable bonds is 7. The van der Waals surface area contributed by atoms with E-state index in [0.717, 1.165) is 22.2 Å². The molecule has 8 heteroatoms. The molecule has 4 rings (SSSR count). The zero-order valence-corrected chi connectivity index (χ0v) is 20.7. The monoisotopic (exact) mass is 491 g/mol. The minimum Gasteiger partial charge on any atom is -0.495 e. The van der Waals surface area contributed by atoms with Crippen LogP contribution in [-0.2, 0) is 0 Å². The van der Waals surface area contributed by atoms with E-state index in [1.165, 1.54) is 19.8 Å². The Bertz CT molecular complexity index is 1370. The third-order valence-electron chi connectivity index (χ3n) is 5.40. The van der Waals surface area contributed by atoms with Crippen LogP contribution in [0, 0.1) is 6.92 Å². The third kappa shape index (κ3) is 5.41. The lowest BCUT2D eigenvalue weighted by atomic mass is 10.1. The van der Waals surface area contributed by atoms with Gasteiger partial charge in [0.25, 0.3) is 0 Å². The maximum absolute atomic E-state index is 12.7. The zero-order valence-electron chi connectivity index (χ0n) is 19.9. The van der Waals surface area contributed by atoms with Gasteiger partial charge in [-0.25, -0.2) is 9.78 Å². The molecule has 0 unspecified atom stereocenters. The molecular formula is C27H26ClN3O4. The second-order valence-electron chi connectivity index (χ2n) is 7.80. The molecule has 0 bridgehead atoms. The molecule has 0 atom stereocenters. The summed E-state index contributed by atoms with van der Waals surface area (Å²) in [5, 5.41) is 6.75. The SMILES string of the molecule is CCOc1cc(-c2ccc(C)cc2)nc2ccc(NC(=O)Nc3cc(Cl)c(OC)cc3OC)cc12. The molecule has 0 aliphatic heterocycles. The predicted octanol–water partition coefficient (Wildman–Crippen LogP) is 6.92. The van der Waals surface area contributed by atoms with Gasteiger partial charge in [0.1, 0.15) is 17.2 Å². The Morgan fingerprint density at radius 3 is 2.34 bits per heavy atom. The van der Waals surface area contributed by atoms with Crippen molar-refractivity contribution in [3.63, 3.8) is 0 Å². The number of carbonyl (C=O) groups excluding carboxylic acids is 1. The van der Waals surface area contributed by atoms with Crippen molar-refractivity contribution < 1.29 is 19.0 Å². The number of pyridine rings is 1. The van der Waals surface area contributed by atoms with Crippen LogP contribution in [0.15, 0.2) is 60.7 Å². The predicted molar refractivity (Wildman–Crippen MR) is 140 cm³/mol. The number of nitrogens with one attached hydrogen (secondary N) is 2. The molecule has 0 radical (unpaired) electrons. The van der Waals surface area contributed by atoms with Crippen molar-refractivity contribution in [1.29, 1.82) is 0 Å². The van der Waals surface area contributed by atoms with Crippen LogP contribution in [0.3, 0.4) is 0 Å². The minimum absolute atomic E-state index is 0.353. The van der Waals surface area contributed by atoms with E-state index in [9.17, 15) is 4.79 Å². The van der Waals surface area contributed by atoms with Crippen LogP contribution < -0.4 is 24.8 Å². The van der Waals surface area contributed by atoms with Gasteiger partial charge in [0.2, 0.25) is 0 Å². The molecule has 4 aromatic rings. The van der Waals surface area contributed by atoms with E-state index in [1.807, 2.05) is 44.2 Å². The molecule has 0 saturated heterocycles. The number of aryl methyl sites for hydroxylation is 1. The maximum atomic E-state index is 12.7. The van der Waals surface area contributed by atoms with Gasteiger partial charge in [0.05, 0.1) is 42.7 Å². The largest absolute Gasteiger partial charge is 0.495 e. The number of methoxy groups -OCH3 is 2. The Morgan fingerprint density at radius 1 is 0.914 bits per heavy atom. The highest BCUT2D eigenvalue weighted by Crippen LogP contribution is 2.36. The molecule has 0 aliphatic carbocycles. The van der Waals surface area contributed by atoms with Crippen molar-refractivity contribution in [2.75, 3.05) is 31.5 Å². The van der Waals surface area contributed by atoms with Gasteiger partial charge in [-0.05, 0) is 38.1 Å². The molecule has 0 saturated carbocycles. The zero-order chi connectivity index (χ0) is 24.9. The van der Waals surface area contributed by atoms with Crippen LogP contribution in [0.2, 0.25) is 5.02 Å². The molecule has 0 aliphatic rings. The summed E-state index contributed by atoms with van der Waals surface area (Å²) in [5.74, 6) is 1.57. The van der Waals surface area contributed by atoms with E-state index in [4.69, 9.17) is 30.8 Å². The molecular weight excluding hydrogens is 466 g/mol. The van der Waals surface area contributed by atoms with Gasteiger partial charge < -0.3 is 24.8 Å². The summed E-state index contributed by atoms with van der Waals surface area (Å²) in [6.07, 6.45) is 0. The van der Waals surface area contributed by atoms with Gasteiger partial charge in [-0.1, -0.05) is 41.4 Å². The summed E-state index contributed by atoms with van der Waals surface area (Å²) >= 11 is 6.21. The first-order valence-corrected chi connectivity index (χ1v) is 11.4. The van der Waals surface area contributed by atoms with Gasteiger partial charge in [0, 0.05) is 28.8 Å². The van der Waals surface area contributed by atoms with E-state index >= 15 is 0 Å².